The summed E-state index contributed by atoms with van der Waals surface area (Å²) in [5.74, 6) is 0.891. The fourth-order valence-electron chi connectivity index (χ4n) is 1.53. The molecule has 1 nitrogen and oxygen atoms in total. The Balaban J connectivity index is 2.92. The first-order valence-electron chi connectivity index (χ1n) is 6.52. The monoisotopic (exact) mass is 199 g/mol. The Morgan fingerprint density at radius 3 is 2.29 bits per heavy atom. The molecular weight excluding hydrogens is 170 g/mol. The van der Waals surface area contributed by atoms with Crippen molar-refractivity contribution in [2.45, 2.75) is 65.7 Å². The molecule has 1 N–H and O–H groups in total. The third-order valence-electron chi connectivity index (χ3n) is 2.97. The molecular formula is C13H29N. The van der Waals surface area contributed by atoms with E-state index in [9.17, 15) is 0 Å². The van der Waals surface area contributed by atoms with E-state index in [0.29, 0.717) is 0 Å². The summed E-state index contributed by atoms with van der Waals surface area (Å²) in [6.07, 6.45) is 9.60. The van der Waals surface area contributed by atoms with E-state index in [0.717, 1.165) is 5.92 Å². The normalized spacial score (nSPS) is 13.1. The quantitative estimate of drug-likeness (QED) is 0.525. The van der Waals surface area contributed by atoms with Gasteiger partial charge < -0.3 is 5.32 Å². The maximum atomic E-state index is 3.53. The number of rotatable bonds is 10. The summed E-state index contributed by atoms with van der Waals surface area (Å²) >= 11 is 0. The number of hydrogen-bond donors (Lipinski definition) is 1. The largest absolute Gasteiger partial charge is 0.317 e. The molecule has 0 rings (SSSR count). The van der Waals surface area contributed by atoms with Gasteiger partial charge in [0, 0.05) is 0 Å². The van der Waals surface area contributed by atoms with Gasteiger partial charge in [-0.3, -0.25) is 0 Å². The second-order valence-corrected chi connectivity index (χ2v) is 4.47. The summed E-state index contributed by atoms with van der Waals surface area (Å²) in [7, 11) is 0. The first-order chi connectivity index (χ1) is 6.81. The third kappa shape index (κ3) is 10.0. The number of nitrogens with one attached hydrogen (secondary N) is 1. The molecule has 0 fully saturated rings. The molecule has 86 valence electrons. The summed E-state index contributed by atoms with van der Waals surface area (Å²) in [5.41, 5.74) is 0. The average molecular weight is 199 g/mol. The lowest BCUT2D eigenvalue weighted by Gasteiger charge is -2.08. The van der Waals surface area contributed by atoms with Crippen molar-refractivity contribution in [1.82, 2.24) is 5.32 Å². The SMILES string of the molecule is CCCCCCCNCCC(C)CC. The lowest BCUT2D eigenvalue weighted by molar-refractivity contribution is 0.481. The molecule has 1 heteroatoms. The van der Waals surface area contributed by atoms with Crippen molar-refractivity contribution in [3.63, 3.8) is 0 Å². The van der Waals surface area contributed by atoms with Crippen molar-refractivity contribution in [3.8, 4) is 0 Å². The van der Waals surface area contributed by atoms with Crippen LogP contribution in [0.3, 0.4) is 0 Å². The van der Waals surface area contributed by atoms with Gasteiger partial charge in [0.2, 0.25) is 0 Å². The molecule has 0 amide bonds. The Labute approximate surface area is 90.7 Å². The summed E-state index contributed by atoms with van der Waals surface area (Å²) in [4.78, 5) is 0. The molecule has 0 aromatic carbocycles. The second kappa shape index (κ2) is 11.0. The maximum Gasteiger partial charge on any atom is -0.00464 e. The van der Waals surface area contributed by atoms with Gasteiger partial charge in [-0.15, -0.1) is 0 Å². The van der Waals surface area contributed by atoms with Gasteiger partial charge in [-0.05, 0) is 31.8 Å². The molecule has 0 aromatic heterocycles. The molecule has 1 unspecified atom stereocenters. The van der Waals surface area contributed by atoms with Gasteiger partial charge in [-0.1, -0.05) is 52.9 Å². The molecule has 14 heavy (non-hydrogen) atoms. The van der Waals surface area contributed by atoms with E-state index in [2.05, 4.69) is 26.1 Å². The summed E-state index contributed by atoms with van der Waals surface area (Å²) in [6, 6.07) is 0. The highest BCUT2D eigenvalue weighted by atomic mass is 14.8. The molecule has 0 spiro atoms. The van der Waals surface area contributed by atoms with Crippen molar-refractivity contribution < 1.29 is 0 Å². The minimum atomic E-state index is 0.891. The molecule has 0 aliphatic heterocycles. The highest BCUT2D eigenvalue weighted by molar-refractivity contribution is 4.54. The zero-order valence-corrected chi connectivity index (χ0v) is 10.4. The van der Waals surface area contributed by atoms with Crippen molar-refractivity contribution in [2.75, 3.05) is 13.1 Å². The van der Waals surface area contributed by atoms with Crippen LogP contribution >= 0.6 is 0 Å². The van der Waals surface area contributed by atoms with E-state index >= 15 is 0 Å². The van der Waals surface area contributed by atoms with Crippen LogP contribution in [0.5, 0.6) is 0 Å². The lowest BCUT2D eigenvalue weighted by Crippen LogP contribution is -2.18. The predicted octanol–water partition coefficient (Wildman–Crippen LogP) is 3.98. The molecule has 0 saturated carbocycles. The standard InChI is InChI=1S/C13H29N/c1-4-6-7-8-9-11-14-12-10-13(3)5-2/h13-14H,4-12H2,1-3H3. The van der Waals surface area contributed by atoms with Crippen LogP contribution in [0.1, 0.15) is 65.7 Å². The van der Waals surface area contributed by atoms with Crippen molar-refractivity contribution in [1.29, 1.82) is 0 Å². The van der Waals surface area contributed by atoms with Gasteiger partial charge in [0.1, 0.15) is 0 Å². The maximum absolute atomic E-state index is 3.53. The van der Waals surface area contributed by atoms with Gasteiger partial charge >= 0.3 is 0 Å². The van der Waals surface area contributed by atoms with Gasteiger partial charge in [-0.2, -0.15) is 0 Å². The first kappa shape index (κ1) is 14.0. The number of hydrogen-bond acceptors (Lipinski definition) is 1. The van der Waals surface area contributed by atoms with E-state index in [1.165, 1.54) is 58.0 Å². The van der Waals surface area contributed by atoms with E-state index in [1.807, 2.05) is 0 Å². The van der Waals surface area contributed by atoms with E-state index in [4.69, 9.17) is 0 Å². The van der Waals surface area contributed by atoms with E-state index < -0.39 is 0 Å². The first-order valence-corrected chi connectivity index (χ1v) is 6.52. The van der Waals surface area contributed by atoms with Crippen LogP contribution in [0.25, 0.3) is 0 Å². The molecule has 0 aliphatic carbocycles. The van der Waals surface area contributed by atoms with Gasteiger partial charge in [0.25, 0.3) is 0 Å². The minimum absolute atomic E-state index is 0.891. The Morgan fingerprint density at radius 2 is 1.64 bits per heavy atom. The van der Waals surface area contributed by atoms with Crippen molar-refractivity contribution in [3.05, 3.63) is 0 Å². The van der Waals surface area contributed by atoms with Gasteiger partial charge in [-0.25, -0.2) is 0 Å². The highest BCUT2D eigenvalue weighted by Crippen LogP contribution is 2.04. The average Bonchev–Trinajstić information content (AvgIpc) is 2.21. The summed E-state index contributed by atoms with van der Waals surface area (Å²) in [6.45, 7) is 9.31. The summed E-state index contributed by atoms with van der Waals surface area (Å²) < 4.78 is 0. The molecule has 0 aliphatic rings. The molecule has 0 bridgehead atoms. The Morgan fingerprint density at radius 1 is 0.929 bits per heavy atom. The van der Waals surface area contributed by atoms with Crippen LogP contribution in [-0.2, 0) is 0 Å². The van der Waals surface area contributed by atoms with Crippen molar-refractivity contribution in [2.24, 2.45) is 5.92 Å². The van der Waals surface area contributed by atoms with E-state index in [1.54, 1.807) is 0 Å². The minimum Gasteiger partial charge on any atom is -0.317 e. The third-order valence-corrected chi connectivity index (χ3v) is 2.97. The van der Waals surface area contributed by atoms with Gasteiger partial charge in [0.05, 0.1) is 0 Å². The topological polar surface area (TPSA) is 12.0 Å². The Bertz CT molecular complexity index is 101. The Hall–Kier alpha value is -0.0400. The van der Waals surface area contributed by atoms with Crippen molar-refractivity contribution >= 4 is 0 Å². The highest BCUT2D eigenvalue weighted by Gasteiger charge is 1.96. The lowest BCUT2D eigenvalue weighted by atomic mass is 10.1. The van der Waals surface area contributed by atoms with Crippen LogP contribution in [0.2, 0.25) is 0 Å². The van der Waals surface area contributed by atoms with E-state index in [-0.39, 0.29) is 0 Å². The summed E-state index contributed by atoms with van der Waals surface area (Å²) in [5, 5.41) is 3.53. The van der Waals surface area contributed by atoms with Crippen LogP contribution in [0, 0.1) is 5.92 Å². The molecule has 0 heterocycles. The zero-order chi connectivity index (χ0) is 10.6. The van der Waals surface area contributed by atoms with Crippen LogP contribution < -0.4 is 5.32 Å². The predicted molar refractivity (Wildman–Crippen MR) is 65.7 cm³/mol. The molecule has 1 atom stereocenters. The fourth-order valence-corrected chi connectivity index (χ4v) is 1.53. The van der Waals surface area contributed by atoms with Gasteiger partial charge in [0.15, 0.2) is 0 Å². The zero-order valence-electron chi connectivity index (χ0n) is 10.4. The fraction of sp³-hybridized carbons (Fsp3) is 1.00. The Kier molecular flexibility index (Phi) is 11.0. The molecule has 0 saturated heterocycles. The molecule has 0 radical (unpaired) electrons. The smallest absolute Gasteiger partial charge is 0.00464 e. The molecule has 0 aromatic rings. The number of unbranched alkanes of at least 4 members (excludes halogenated alkanes) is 4. The van der Waals surface area contributed by atoms with Crippen LogP contribution in [-0.4, -0.2) is 13.1 Å². The van der Waals surface area contributed by atoms with Crippen LogP contribution in [0.15, 0.2) is 0 Å². The van der Waals surface area contributed by atoms with Crippen LogP contribution in [0.4, 0.5) is 0 Å². The second-order valence-electron chi connectivity index (χ2n) is 4.47.